The lowest BCUT2D eigenvalue weighted by Crippen LogP contribution is -2.22. The minimum atomic E-state index is -0.688. The molecule has 1 aliphatic rings. The van der Waals surface area contributed by atoms with Crippen LogP contribution in [0.5, 0.6) is 0 Å². The van der Waals surface area contributed by atoms with Gasteiger partial charge in [-0.2, -0.15) is 0 Å². The number of benzene rings is 2. The Labute approximate surface area is 128 Å². The first-order valence-corrected chi connectivity index (χ1v) is 6.54. The second-order valence-electron chi connectivity index (χ2n) is 4.40. The third-order valence-corrected chi connectivity index (χ3v) is 4.08. The van der Waals surface area contributed by atoms with Gasteiger partial charge in [0.15, 0.2) is 5.78 Å². The molecule has 2 aromatic carbocycles. The quantitative estimate of drug-likeness (QED) is 0.506. The topological polar surface area (TPSA) is 77.3 Å². The van der Waals surface area contributed by atoms with Crippen molar-refractivity contribution in [3.63, 3.8) is 0 Å². The molecule has 2 aromatic rings. The van der Waals surface area contributed by atoms with Gasteiger partial charge in [0.2, 0.25) is 5.78 Å². The maximum Gasteiger partial charge on any atom is 0.281 e. The summed E-state index contributed by atoms with van der Waals surface area (Å²) >= 11 is 11.9. The number of rotatable bonds is 1. The second kappa shape index (κ2) is 4.65. The van der Waals surface area contributed by atoms with Crippen molar-refractivity contribution >= 4 is 40.5 Å². The Bertz CT molecular complexity index is 845. The summed E-state index contributed by atoms with van der Waals surface area (Å²) < 4.78 is 0. The highest BCUT2D eigenvalue weighted by Gasteiger charge is 2.37. The van der Waals surface area contributed by atoms with Gasteiger partial charge in [0, 0.05) is 17.2 Å². The zero-order valence-electron chi connectivity index (χ0n) is 10.2. The van der Waals surface area contributed by atoms with Gasteiger partial charge in [-0.15, -0.1) is 0 Å². The standard InChI is InChI=1S/C14H5Cl2NO4/c15-8-5-4-7-11(12(8)16)14(19)6-2-1-3-9(17(20)21)10(6)13(7)18/h1-5H. The van der Waals surface area contributed by atoms with E-state index in [1.165, 1.54) is 30.3 Å². The van der Waals surface area contributed by atoms with E-state index in [-0.39, 0.29) is 32.3 Å². The van der Waals surface area contributed by atoms with Gasteiger partial charge in [-0.25, -0.2) is 0 Å². The average Bonchev–Trinajstić information content (AvgIpc) is 2.46. The van der Waals surface area contributed by atoms with E-state index in [1.54, 1.807) is 0 Å². The number of nitro benzene ring substituents is 1. The fourth-order valence-corrected chi connectivity index (χ4v) is 2.76. The lowest BCUT2D eigenvalue weighted by atomic mass is 9.83. The molecule has 21 heavy (non-hydrogen) atoms. The fraction of sp³-hybridized carbons (Fsp3) is 0. The lowest BCUT2D eigenvalue weighted by Gasteiger charge is -2.18. The van der Waals surface area contributed by atoms with E-state index in [4.69, 9.17) is 23.2 Å². The highest BCUT2D eigenvalue weighted by molar-refractivity contribution is 6.46. The summed E-state index contributed by atoms with van der Waals surface area (Å²) in [5.41, 5.74) is -0.634. The number of carbonyl (C=O) groups excluding carboxylic acids is 2. The van der Waals surface area contributed by atoms with E-state index in [1.807, 2.05) is 0 Å². The SMILES string of the molecule is O=C1c2ccc(Cl)c(Cl)c2C(=O)c2cccc([N+](=O)[O-])c21. The number of carbonyl (C=O) groups is 2. The first kappa shape index (κ1) is 13.7. The van der Waals surface area contributed by atoms with E-state index in [0.29, 0.717) is 0 Å². The summed E-state index contributed by atoms with van der Waals surface area (Å²) in [6.45, 7) is 0. The molecule has 0 bridgehead atoms. The van der Waals surface area contributed by atoms with Crippen molar-refractivity contribution in [3.8, 4) is 0 Å². The molecule has 0 unspecified atom stereocenters. The zero-order chi connectivity index (χ0) is 15.3. The molecule has 0 radical (unpaired) electrons. The highest BCUT2D eigenvalue weighted by Crippen LogP contribution is 2.38. The smallest absolute Gasteiger partial charge is 0.281 e. The summed E-state index contributed by atoms with van der Waals surface area (Å²) in [6.07, 6.45) is 0. The van der Waals surface area contributed by atoms with Crippen LogP contribution in [0.25, 0.3) is 0 Å². The van der Waals surface area contributed by atoms with Crippen LogP contribution >= 0.6 is 23.2 Å². The number of halogens is 2. The molecule has 0 fully saturated rings. The van der Waals surface area contributed by atoms with Crippen LogP contribution < -0.4 is 0 Å². The van der Waals surface area contributed by atoms with Gasteiger partial charge in [0.05, 0.1) is 20.5 Å². The summed E-state index contributed by atoms with van der Waals surface area (Å²) in [5.74, 6) is -1.15. The molecule has 5 nitrogen and oxygen atoms in total. The van der Waals surface area contributed by atoms with E-state index < -0.39 is 22.2 Å². The number of hydrogen-bond donors (Lipinski definition) is 0. The minimum absolute atomic E-state index is 0.0119. The van der Waals surface area contributed by atoms with Crippen molar-refractivity contribution in [2.45, 2.75) is 0 Å². The van der Waals surface area contributed by atoms with Crippen molar-refractivity contribution < 1.29 is 14.5 Å². The summed E-state index contributed by atoms with van der Waals surface area (Å²) in [7, 11) is 0. The van der Waals surface area contributed by atoms with Crippen molar-refractivity contribution in [1.82, 2.24) is 0 Å². The van der Waals surface area contributed by atoms with Gasteiger partial charge in [-0.05, 0) is 18.2 Å². The van der Waals surface area contributed by atoms with Gasteiger partial charge in [-0.3, -0.25) is 19.7 Å². The molecule has 0 aliphatic heterocycles. The largest absolute Gasteiger partial charge is 0.288 e. The van der Waals surface area contributed by atoms with Crippen LogP contribution in [-0.2, 0) is 0 Å². The Morgan fingerprint density at radius 3 is 2.19 bits per heavy atom. The number of ketones is 2. The molecule has 0 spiro atoms. The first-order chi connectivity index (χ1) is 9.93. The van der Waals surface area contributed by atoms with Crippen molar-refractivity contribution in [3.05, 3.63) is 72.7 Å². The van der Waals surface area contributed by atoms with Crippen LogP contribution in [0, 0.1) is 10.1 Å². The van der Waals surface area contributed by atoms with Crippen molar-refractivity contribution in [2.24, 2.45) is 0 Å². The third-order valence-electron chi connectivity index (χ3n) is 3.28. The third kappa shape index (κ3) is 1.86. The van der Waals surface area contributed by atoms with Gasteiger partial charge in [-0.1, -0.05) is 29.3 Å². The molecule has 3 rings (SSSR count). The van der Waals surface area contributed by atoms with Gasteiger partial charge >= 0.3 is 0 Å². The zero-order valence-corrected chi connectivity index (χ0v) is 11.7. The number of nitro groups is 1. The maximum atomic E-state index is 12.5. The van der Waals surface area contributed by atoms with Crippen molar-refractivity contribution in [1.29, 1.82) is 0 Å². The Morgan fingerprint density at radius 2 is 1.52 bits per heavy atom. The van der Waals surface area contributed by atoms with E-state index in [0.717, 1.165) is 0 Å². The van der Waals surface area contributed by atoms with Gasteiger partial charge < -0.3 is 0 Å². The molecule has 0 N–H and O–H groups in total. The molecule has 7 heteroatoms. The van der Waals surface area contributed by atoms with Crippen LogP contribution in [0.3, 0.4) is 0 Å². The van der Waals surface area contributed by atoms with Crippen LogP contribution in [0.15, 0.2) is 30.3 Å². The number of hydrogen-bond acceptors (Lipinski definition) is 4. The van der Waals surface area contributed by atoms with Crippen LogP contribution in [-0.4, -0.2) is 16.5 Å². The Morgan fingerprint density at radius 1 is 0.905 bits per heavy atom. The fourth-order valence-electron chi connectivity index (χ4n) is 2.35. The number of nitrogens with zero attached hydrogens (tertiary/aromatic N) is 1. The van der Waals surface area contributed by atoms with Crippen molar-refractivity contribution in [2.75, 3.05) is 0 Å². The van der Waals surface area contributed by atoms with Gasteiger partial charge in [0.1, 0.15) is 5.56 Å². The average molecular weight is 322 g/mol. The molecule has 0 saturated heterocycles. The van der Waals surface area contributed by atoms with E-state index >= 15 is 0 Å². The number of fused-ring (bicyclic) bond motifs is 2. The summed E-state index contributed by atoms with van der Waals surface area (Å²) in [5, 5.41) is 11.2. The highest BCUT2D eigenvalue weighted by atomic mass is 35.5. The Hall–Kier alpha value is -2.24. The minimum Gasteiger partial charge on any atom is -0.288 e. The summed E-state index contributed by atoms with van der Waals surface area (Å²) in [6, 6.07) is 6.64. The Kier molecular flexibility index (Phi) is 3.04. The van der Waals surface area contributed by atoms with E-state index in [2.05, 4.69) is 0 Å². The molecular weight excluding hydrogens is 317 g/mol. The summed E-state index contributed by atoms with van der Waals surface area (Å²) in [4.78, 5) is 35.3. The molecule has 1 aliphatic carbocycles. The van der Waals surface area contributed by atoms with Crippen LogP contribution in [0.2, 0.25) is 10.0 Å². The molecule has 0 saturated carbocycles. The second-order valence-corrected chi connectivity index (χ2v) is 5.18. The predicted molar refractivity (Wildman–Crippen MR) is 76.4 cm³/mol. The first-order valence-electron chi connectivity index (χ1n) is 5.78. The molecule has 0 aromatic heterocycles. The maximum absolute atomic E-state index is 12.5. The van der Waals surface area contributed by atoms with Crippen LogP contribution in [0.4, 0.5) is 5.69 Å². The lowest BCUT2D eigenvalue weighted by molar-refractivity contribution is -0.385. The molecule has 0 amide bonds. The predicted octanol–water partition coefficient (Wildman–Crippen LogP) is 3.68. The normalized spacial score (nSPS) is 12.9. The molecular formula is C14H5Cl2NO4. The molecule has 0 heterocycles. The van der Waals surface area contributed by atoms with Gasteiger partial charge in [0.25, 0.3) is 5.69 Å². The van der Waals surface area contributed by atoms with E-state index in [9.17, 15) is 19.7 Å². The molecule has 0 atom stereocenters. The monoisotopic (exact) mass is 321 g/mol. The molecule has 104 valence electrons. The Balaban J connectivity index is 2.38. The van der Waals surface area contributed by atoms with Crippen LogP contribution in [0.1, 0.15) is 31.8 Å².